The molecule has 5 nitrogen and oxygen atoms in total. The predicted octanol–water partition coefficient (Wildman–Crippen LogP) is 2.46. The molecule has 1 saturated heterocycles. The lowest BCUT2D eigenvalue weighted by Gasteiger charge is -2.34. The van der Waals surface area contributed by atoms with Crippen LogP contribution in [0.25, 0.3) is 0 Å². The van der Waals surface area contributed by atoms with Gasteiger partial charge in [0.2, 0.25) is 0 Å². The van der Waals surface area contributed by atoms with Crippen molar-refractivity contribution in [2.45, 2.75) is 64.0 Å². The summed E-state index contributed by atoms with van der Waals surface area (Å²) in [4.78, 5) is 25.5. The maximum absolute atomic E-state index is 12.5. The lowest BCUT2D eigenvalue weighted by atomic mass is 9.84. The van der Waals surface area contributed by atoms with Crippen molar-refractivity contribution in [3.05, 3.63) is 0 Å². The largest absolute Gasteiger partial charge is 0.480 e. The maximum atomic E-state index is 12.5. The molecule has 3 rings (SSSR count). The fourth-order valence-corrected chi connectivity index (χ4v) is 4.80. The van der Waals surface area contributed by atoms with Crippen LogP contribution in [0.2, 0.25) is 0 Å². The SMILES string of the molecule is CC(NC(=O)N1CCCC1(C)C(=O)O)C1CC2CCC1C2. The number of likely N-dealkylation sites (tertiary alicyclic amines) is 1. The average Bonchev–Trinajstić information content (AvgIpc) is 3.12. The van der Waals surface area contributed by atoms with Crippen molar-refractivity contribution in [2.24, 2.45) is 17.8 Å². The summed E-state index contributed by atoms with van der Waals surface area (Å²) >= 11 is 0. The number of amides is 2. The van der Waals surface area contributed by atoms with Crippen molar-refractivity contribution < 1.29 is 14.7 Å². The van der Waals surface area contributed by atoms with Gasteiger partial charge in [0.25, 0.3) is 0 Å². The van der Waals surface area contributed by atoms with Gasteiger partial charge >= 0.3 is 12.0 Å². The van der Waals surface area contributed by atoms with E-state index in [0.29, 0.717) is 18.9 Å². The van der Waals surface area contributed by atoms with Crippen LogP contribution >= 0.6 is 0 Å². The van der Waals surface area contributed by atoms with Crippen LogP contribution in [0.3, 0.4) is 0 Å². The van der Waals surface area contributed by atoms with Crippen LogP contribution in [-0.2, 0) is 4.79 Å². The molecule has 1 aliphatic heterocycles. The lowest BCUT2D eigenvalue weighted by Crippen LogP contribution is -2.56. The minimum Gasteiger partial charge on any atom is -0.480 e. The van der Waals surface area contributed by atoms with Crippen molar-refractivity contribution in [2.75, 3.05) is 6.54 Å². The standard InChI is InChI=1S/C16H26N2O3/c1-10(13-9-11-4-5-12(13)8-11)17-15(21)18-7-3-6-16(18,2)14(19)20/h10-13H,3-9H2,1-2H3,(H,17,21)(H,19,20). The highest BCUT2D eigenvalue weighted by molar-refractivity contribution is 5.86. The Hall–Kier alpha value is -1.26. The Balaban J connectivity index is 1.62. The van der Waals surface area contributed by atoms with E-state index in [1.165, 1.54) is 30.6 Å². The first-order chi connectivity index (χ1) is 9.91. The Kier molecular flexibility index (Phi) is 3.62. The molecule has 21 heavy (non-hydrogen) atoms. The van der Waals surface area contributed by atoms with Gasteiger partial charge in [-0.1, -0.05) is 6.42 Å². The molecule has 2 saturated carbocycles. The molecule has 2 amide bonds. The third kappa shape index (κ3) is 2.40. The van der Waals surface area contributed by atoms with Crippen LogP contribution in [0, 0.1) is 17.8 Å². The molecule has 2 bridgehead atoms. The van der Waals surface area contributed by atoms with Crippen molar-refractivity contribution in [1.29, 1.82) is 0 Å². The van der Waals surface area contributed by atoms with Gasteiger partial charge in [0.05, 0.1) is 0 Å². The second kappa shape index (κ2) is 5.18. The maximum Gasteiger partial charge on any atom is 0.329 e. The molecule has 2 N–H and O–H groups in total. The van der Waals surface area contributed by atoms with Gasteiger partial charge in [-0.2, -0.15) is 0 Å². The summed E-state index contributed by atoms with van der Waals surface area (Å²) < 4.78 is 0. The number of carboxylic acid groups (broad SMARTS) is 1. The highest BCUT2D eigenvalue weighted by Crippen LogP contribution is 2.49. The van der Waals surface area contributed by atoms with Crippen LogP contribution in [0.1, 0.15) is 52.4 Å². The van der Waals surface area contributed by atoms with Gasteiger partial charge in [0, 0.05) is 12.6 Å². The van der Waals surface area contributed by atoms with Crippen LogP contribution < -0.4 is 5.32 Å². The molecule has 5 heteroatoms. The molecule has 118 valence electrons. The molecular weight excluding hydrogens is 268 g/mol. The quantitative estimate of drug-likeness (QED) is 0.840. The number of carbonyl (C=O) groups excluding carboxylic acids is 1. The molecule has 3 fully saturated rings. The van der Waals surface area contributed by atoms with Crippen LogP contribution in [0.4, 0.5) is 4.79 Å². The fourth-order valence-electron chi connectivity index (χ4n) is 4.80. The van der Waals surface area contributed by atoms with Crippen molar-refractivity contribution in [3.8, 4) is 0 Å². The fraction of sp³-hybridized carbons (Fsp3) is 0.875. The van der Waals surface area contributed by atoms with Crippen molar-refractivity contribution in [1.82, 2.24) is 10.2 Å². The Morgan fingerprint density at radius 1 is 1.33 bits per heavy atom. The molecule has 0 aromatic heterocycles. The zero-order valence-corrected chi connectivity index (χ0v) is 13.0. The molecule has 0 spiro atoms. The predicted molar refractivity (Wildman–Crippen MR) is 78.9 cm³/mol. The number of aliphatic carboxylic acids is 1. The first kappa shape index (κ1) is 14.7. The summed E-state index contributed by atoms with van der Waals surface area (Å²) in [6.07, 6.45) is 6.50. The Morgan fingerprint density at radius 2 is 2.10 bits per heavy atom. The Morgan fingerprint density at radius 3 is 2.67 bits per heavy atom. The minimum atomic E-state index is -1.04. The van der Waals surface area contributed by atoms with Gasteiger partial charge in [-0.3, -0.25) is 0 Å². The molecule has 5 unspecified atom stereocenters. The van der Waals surface area contributed by atoms with Gasteiger partial charge < -0.3 is 15.3 Å². The van der Waals surface area contributed by atoms with E-state index >= 15 is 0 Å². The van der Waals surface area contributed by atoms with E-state index in [9.17, 15) is 14.7 Å². The molecule has 3 aliphatic rings. The van der Waals surface area contributed by atoms with E-state index in [1.54, 1.807) is 6.92 Å². The normalized spacial score (nSPS) is 39.5. The van der Waals surface area contributed by atoms with Crippen LogP contribution in [-0.4, -0.2) is 40.1 Å². The van der Waals surface area contributed by atoms with Gasteiger partial charge in [0.15, 0.2) is 0 Å². The van der Waals surface area contributed by atoms with E-state index in [0.717, 1.165) is 18.3 Å². The summed E-state index contributed by atoms with van der Waals surface area (Å²) in [7, 11) is 0. The third-order valence-electron chi connectivity index (χ3n) is 6.13. The topological polar surface area (TPSA) is 69.6 Å². The molecule has 2 aliphatic carbocycles. The van der Waals surface area contributed by atoms with E-state index in [1.807, 2.05) is 0 Å². The zero-order valence-electron chi connectivity index (χ0n) is 13.0. The van der Waals surface area contributed by atoms with Crippen LogP contribution in [0.5, 0.6) is 0 Å². The van der Waals surface area contributed by atoms with Gasteiger partial charge in [0.1, 0.15) is 5.54 Å². The lowest BCUT2D eigenvalue weighted by molar-refractivity contribution is -0.147. The molecule has 0 aromatic rings. The highest BCUT2D eigenvalue weighted by Gasteiger charge is 2.47. The van der Waals surface area contributed by atoms with E-state index in [-0.39, 0.29) is 12.1 Å². The van der Waals surface area contributed by atoms with E-state index < -0.39 is 11.5 Å². The number of nitrogens with zero attached hydrogens (tertiary/aromatic N) is 1. The number of carbonyl (C=O) groups is 2. The number of hydrogen-bond acceptors (Lipinski definition) is 2. The Labute approximate surface area is 126 Å². The number of nitrogens with one attached hydrogen (secondary N) is 1. The van der Waals surface area contributed by atoms with E-state index in [4.69, 9.17) is 0 Å². The van der Waals surface area contributed by atoms with Gasteiger partial charge in [-0.15, -0.1) is 0 Å². The molecular formula is C16H26N2O3. The first-order valence-electron chi connectivity index (χ1n) is 8.23. The second-order valence-electron chi connectivity index (χ2n) is 7.41. The second-order valence-corrected chi connectivity index (χ2v) is 7.41. The number of urea groups is 1. The summed E-state index contributed by atoms with van der Waals surface area (Å²) in [6, 6.07) is -0.0564. The van der Waals surface area contributed by atoms with Gasteiger partial charge in [-0.25, -0.2) is 9.59 Å². The summed E-state index contributed by atoms with van der Waals surface area (Å²) in [5.41, 5.74) is -1.04. The number of rotatable bonds is 3. The van der Waals surface area contributed by atoms with Crippen molar-refractivity contribution >= 4 is 12.0 Å². The van der Waals surface area contributed by atoms with Gasteiger partial charge in [-0.05, 0) is 63.7 Å². The highest BCUT2D eigenvalue weighted by atomic mass is 16.4. The summed E-state index contributed by atoms with van der Waals surface area (Å²) in [5.74, 6) is 1.29. The molecule has 0 radical (unpaired) electrons. The smallest absolute Gasteiger partial charge is 0.329 e. The number of fused-ring (bicyclic) bond motifs is 2. The molecule has 5 atom stereocenters. The molecule has 0 aromatic carbocycles. The third-order valence-corrected chi connectivity index (χ3v) is 6.13. The number of carboxylic acids is 1. The zero-order chi connectivity index (χ0) is 15.2. The van der Waals surface area contributed by atoms with E-state index in [2.05, 4.69) is 12.2 Å². The van der Waals surface area contributed by atoms with Crippen LogP contribution in [0.15, 0.2) is 0 Å². The minimum absolute atomic E-state index is 0.145. The monoisotopic (exact) mass is 294 g/mol. The summed E-state index contributed by atoms with van der Waals surface area (Å²) in [6.45, 7) is 4.28. The first-order valence-corrected chi connectivity index (χ1v) is 8.23. The average molecular weight is 294 g/mol. The summed E-state index contributed by atoms with van der Waals surface area (Å²) in [5, 5.41) is 12.5. The Bertz CT molecular complexity index is 453. The molecule has 1 heterocycles. The van der Waals surface area contributed by atoms with Crippen molar-refractivity contribution in [3.63, 3.8) is 0 Å². The number of hydrogen-bond donors (Lipinski definition) is 2.